The number of carboxylic acid groups (broad SMARTS) is 1. The first-order valence-electron chi connectivity index (χ1n) is 8.30. The normalized spacial score (nSPS) is 10.2. The minimum Gasteiger partial charge on any atom is -0.478 e. The van der Waals surface area contributed by atoms with Crippen LogP contribution in [0.25, 0.3) is 5.57 Å². The molecule has 0 bridgehead atoms. The molecule has 0 atom stereocenters. The average Bonchev–Trinajstić information content (AvgIpc) is 2.68. The summed E-state index contributed by atoms with van der Waals surface area (Å²) in [5.41, 5.74) is 3.28. The lowest BCUT2D eigenvalue weighted by molar-refractivity contribution is -0.111. The van der Waals surface area contributed by atoms with Gasteiger partial charge in [0.25, 0.3) is 0 Å². The van der Waals surface area contributed by atoms with Gasteiger partial charge in [-0.05, 0) is 65.2 Å². The Kier molecular flexibility index (Phi) is 6.44. The molecule has 3 rings (SSSR count). The van der Waals surface area contributed by atoms with Crippen LogP contribution in [0, 0.1) is 0 Å². The van der Waals surface area contributed by atoms with E-state index in [0.717, 1.165) is 25.6 Å². The first-order valence-corrected chi connectivity index (χ1v) is 9.89. The Morgan fingerprint density at radius 3 is 1.57 bits per heavy atom. The molecule has 3 aromatic carbocycles. The fourth-order valence-corrected chi connectivity index (χ4v) is 3.13. The molecule has 0 aliphatic heterocycles. The summed E-state index contributed by atoms with van der Waals surface area (Å²) in [5, 5.41) is 11.7. The van der Waals surface area contributed by atoms with Crippen LogP contribution in [0.5, 0.6) is 0 Å². The number of rotatable bonds is 5. The van der Waals surface area contributed by atoms with Gasteiger partial charge in [-0.2, -0.15) is 0 Å². The molecule has 0 saturated heterocycles. The minimum atomic E-state index is -1.01. The molecular weight excluding hydrogens is 486 g/mol. The van der Waals surface area contributed by atoms with E-state index in [0.29, 0.717) is 5.69 Å². The summed E-state index contributed by atoms with van der Waals surface area (Å²) in [6.07, 6.45) is 1.54. The highest BCUT2D eigenvalue weighted by molar-refractivity contribution is 9.10. The molecule has 140 valence electrons. The second-order valence-electron chi connectivity index (χ2n) is 5.94. The van der Waals surface area contributed by atoms with Crippen molar-refractivity contribution < 1.29 is 14.7 Å². The summed E-state index contributed by atoms with van der Waals surface area (Å²) in [5.74, 6) is -1.31. The molecule has 1 amide bonds. The van der Waals surface area contributed by atoms with Gasteiger partial charge in [0, 0.05) is 20.7 Å². The number of aromatic carboxylic acids is 1. The van der Waals surface area contributed by atoms with Crippen LogP contribution in [0.1, 0.15) is 21.5 Å². The Balaban J connectivity index is 1.91. The monoisotopic (exact) mass is 499 g/mol. The van der Waals surface area contributed by atoms with Crippen molar-refractivity contribution >= 4 is 55.0 Å². The molecule has 28 heavy (non-hydrogen) atoms. The third kappa shape index (κ3) is 5.18. The summed E-state index contributed by atoms with van der Waals surface area (Å²) in [6, 6.07) is 21.5. The third-order valence-corrected chi connectivity index (χ3v) is 5.04. The number of carboxylic acids is 1. The van der Waals surface area contributed by atoms with Crippen molar-refractivity contribution in [3.63, 3.8) is 0 Å². The summed E-state index contributed by atoms with van der Waals surface area (Å²) in [4.78, 5) is 23.5. The van der Waals surface area contributed by atoms with Crippen LogP contribution in [0.2, 0.25) is 0 Å². The van der Waals surface area contributed by atoms with E-state index in [9.17, 15) is 9.59 Å². The highest BCUT2D eigenvalue weighted by Gasteiger charge is 2.09. The molecule has 0 spiro atoms. The topological polar surface area (TPSA) is 66.4 Å². The van der Waals surface area contributed by atoms with E-state index in [2.05, 4.69) is 37.2 Å². The number of carbonyl (C=O) groups excluding carboxylic acids is 1. The summed E-state index contributed by atoms with van der Waals surface area (Å²) in [7, 11) is 0. The van der Waals surface area contributed by atoms with Crippen molar-refractivity contribution in [2.45, 2.75) is 0 Å². The van der Waals surface area contributed by atoms with Crippen LogP contribution in [0.4, 0.5) is 5.69 Å². The third-order valence-electron chi connectivity index (χ3n) is 3.99. The van der Waals surface area contributed by atoms with E-state index >= 15 is 0 Å². The van der Waals surface area contributed by atoms with Gasteiger partial charge in [0.2, 0.25) is 5.91 Å². The van der Waals surface area contributed by atoms with Crippen LogP contribution >= 0.6 is 31.9 Å². The van der Waals surface area contributed by atoms with Crippen molar-refractivity contribution in [3.8, 4) is 0 Å². The van der Waals surface area contributed by atoms with Gasteiger partial charge in [0.1, 0.15) is 0 Å². The largest absolute Gasteiger partial charge is 0.478 e. The smallest absolute Gasteiger partial charge is 0.335 e. The maximum absolute atomic E-state index is 12.6. The SMILES string of the molecule is O=C(C=C(c1ccc(Br)cc1)c1ccc(Br)cc1)Nc1ccc(C(=O)O)cc1. The lowest BCUT2D eigenvalue weighted by Crippen LogP contribution is -2.09. The van der Waals surface area contributed by atoms with E-state index in [4.69, 9.17) is 5.11 Å². The Morgan fingerprint density at radius 2 is 1.14 bits per heavy atom. The van der Waals surface area contributed by atoms with Crippen molar-refractivity contribution in [1.82, 2.24) is 0 Å². The number of nitrogens with one attached hydrogen (secondary N) is 1. The first kappa shape index (κ1) is 20.0. The fraction of sp³-hybridized carbons (Fsp3) is 0. The molecule has 0 aliphatic carbocycles. The Labute approximate surface area is 179 Å². The molecule has 6 heteroatoms. The maximum Gasteiger partial charge on any atom is 0.335 e. The Morgan fingerprint density at radius 1 is 0.714 bits per heavy atom. The molecule has 0 aromatic heterocycles. The van der Waals surface area contributed by atoms with E-state index in [1.54, 1.807) is 12.1 Å². The van der Waals surface area contributed by atoms with Gasteiger partial charge in [-0.3, -0.25) is 4.79 Å². The lowest BCUT2D eigenvalue weighted by atomic mass is 9.97. The van der Waals surface area contributed by atoms with Gasteiger partial charge in [-0.15, -0.1) is 0 Å². The number of amides is 1. The number of hydrogen-bond acceptors (Lipinski definition) is 2. The Hall–Kier alpha value is -2.70. The predicted molar refractivity (Wildman–Crippen MR) is 117 cm³/mol. The van der Waals surface area contributed by atoms with Crippen LogP contribution < -0.4 is 5.32 Å². The van der Waals surface area contributed by atoms with Crippen molar-refractivity contribution in [2.24, 2.45) is 0 Å². The van der Waals surface area contributed by atoms with Crippen LogP contribution in [-0.2, 0) is 4.79 Å². The van der Waals surface area contributed by atoms with Crippen molar-refractivity contribution in [1.29, 1.82) is 0 Å². The van der Waals surface area contributed by atoms with Crippen molar-refractivity contribution in [3.05, 3.63) is 105 Å². The minimum absolute atomic E-state index is 0.166. The molecule has 3 aromatic rings. The van der Waals surface area contributed by atoms with Gasteiger partial charge in [-0.1, -0.05) is 56.1 Å². The number of anilines is 1. The number of hydrogen-bond donors (Lipinski definition) is 2. The molecule has 0 saturated carbocycles. The predicted octanol–water partition coefficient (Wildman–Crippen LogP) is 5.98. The summed E-state index contributed by atoms with van der Waals surface area (Å²) >= 11 is 6.85. The van der Waals surface area contributed by atoms with Crippen molar-refractivity contribution in [2.75, 3.05) is 5.32 Å². The van der Waals surface area contributed by atoms with E-state index in [1.807, 2.05) is 48.5 Å². The zero-order chi connectivity index (χ0) is 20.1. The molecule has 0 fully saturated rings. The quantitative estimate of drug-likeness (QED) is 0.423. The van der Waals surface area contributed by atoms with Crippen LogP contribution in [0.3, 0.4) is 0 Å². The standard InChI is InChI=1S/C22H15Br2NO3/c23-17-7-1-14(2-8-17)20(15-3-9-18(24)10-4-15)13-21(26)25-19-11-5-16(6-12-19)22(27)28/h1-13H,(H,25,26)(H,27,28). The number of halogens is 2. The zero-order valence-corrected chi connectivity index (χ0v) is 17.7. The summed E-state index contributed by atoms with van der Waals surface area (Å²) < 4.78 is 1.91. The molecular formula is C22H15Br2NO3. The van der Waals surface area contributed by atoms with Gasteiger partial charge in [0.15, 0.2) is 0 Å². The number of benzene rings is 3. The maximum atomic E-state index is 12.6. The molecule has 0 radical (unpaired) electrons. The van der Waals surface area contributed by atoms with E-state index in [-0.39, 0.29) is 11.5 Å². The van der Waals surface area contributed by atoms with Crippen LogP contribution in [0.15, 0.2) is 87.8 Å². The molecule has 0 unspecified atom stereocenters. The fourth-order valence-electron chi connectivity index (χ4n) is 2.60. The van der Waals surface area contributed by atoms with Gasteiger partial charge in [0.05, 0.1) is 5.56 Å². The van der Waals surface area contributed by atoms with Gasteiger partial charge >= 0.3 is 5.97 Å². The molecule has 4 nitrogen and oxygen atoms in total. The Bertz CT molecular complexity index is 977. The van der Waals surface area contributed by atoms with E-state index in [1.165, 1.54) is 18.2 Å². The number of carbonyl (C=O) groups is 2. The molecule has 2 N–H and O–H groups in total. The molecule has 0 aliphatic rings. The second kappa shape index (κ2) is 8.99. The van der Waals surface area contributed by atoms with Gasteiger partial charge in [-0.25, -0.2) is 4.79 Å². The summed E-state index contributed by atoms with van der Waals surface area (Å²) in [6.45, 7) is 0. The zero-order valence-electron chi connectivity index (χ0n) is 14.5. The van der Waals surface area contributed by atoms with E-state index < -0.39 is 5.97 Å². The second-order valence-corrected chi connectivity index (χ2v) is 7.77. The highest BCUT2D eigenvalue weighted by atomic mass is 79.9. The van der Waals surface area contributed by atoms with Crippen LogP contribution in [-0.4, -0.2) is 17.0 Å². The highest BCUT2D eigenvalue weighted by Crippen LogP contribution is 2.26. The lowest BCUT2D eigenvalue weighted by Gasteiger charge is -2.10. The first-order chi connectivity index (χ1) is 13.4. The average molecular weight is 501 g/mol. The van der Waals surface area contributed by atoms with Gasteiger partial charge < -0.3 is 10.4 Å². The molecule has 0 heterocycles.